The lowest BCUT2D eigenvalue weighted by molar-refractivity contribution is -0.0697. The first-order valence-corrected chi connectivity index (χ1v) is 8.30. The van der Waals surface area contributed by atoms with Crippen molar-refractivity contribution in [3.05, 3.63) is 47.3 Å². The highest BCUT2D eigenvalue weighted by Crippen LogP contribution is 2.35. The third-order valence-corrected chi connectivity index (χ3v) is 5.37. The molecule has 0 amide bonds. The van der Waals surface area contributed by atoms with Gasteiger partial charge >= 0.3 is 0 Å². The number of halogens is 2. The lowest BCUT2D eigenvalue weighted by atomic mass is 9.88. The van der Waals surface area contributed by atoms with Crippen LogP contribution in [-0.2, 0) is 27.3 Å². The van der Waals surface area contributed by atoms with Crippen LogP contribution in [0.4, 0.5) is 8.78 Å². The summed E-state index contributed by atoms with van der Waals surface area (Å²) >= 11 is 0. The maximum absolute atomic E-state index is 14.1. The third-order valence-electron chi connectivity index (χ3n) is 3.73. The number of sulfonamides is 1. The average Bonchev–Trinajstić information content (AvgIpc) is 2.75. The van der Waals surface area contributed by atoms with Crippen molar-refractivity contribution in [2.45, 2.75) is 17.4 Å². The van der Waals surface area contributed by atoms with Crippen LogP contribution in [0, 0.1) is 18.6 Å². The Hall–Kier alpha value is -1.84. The Morgan fingerprint density at radius 2 is 1.91 bits per heavy atom. The van der Waals surface area contributed by atoms with E-state index in [1.807, 2.05) is 0 Å². The Morgan fingerprint density at radius 3 is 2.35 bits per heavy atom. The molecule has 1 aromatic carbocycles. The molecule has 1 aromatic heterocycles. The molecule has 1 aliphatic rings. The molecule has 3 rings (SSSR count). The zero-order chi connectivity index (χ0) is 16.8. The van der Waals surface area contributed by atoms with Crippen LogP contribution in [0.5, 0.6) is 0 Å². The molecular formula is C14H15F2N3O3S. The summed E-state index contributed by atoms with van der Waals surface area (Å²) in [5.41, 5.74) is -1.50. The van der Waals surface area contributed by atoms with E-state index in [2.05, 4.69) is 9.82 Å². The van der Waals surface area contributed by atoms with Gasteiger partial charge in [0.15, 0.2) is 0 Å². The Labute approximate surface area is 132 Å². The Balaban J connectivity index is 2.04. The summed E-state index contributed by atoms with van der Waals surface area (Å²) in [6.45, 7) is 1.25. The number of aryl methyl sites for hydroxylation is 2. The Bertz CT molecular complexity index is 840. The summed E-state index contributed by atoms with van der Waals surface area (Å²) in [5, 5.41) is 3.98. The molecule has 124 valence electrons. The summed E-state index contributed by atoms with van der Waals surface area (Å²) in [4.78, 5) is -0.0389. The van der Waals surface area contributed by atoms with Gasteiger partial charge in [-0.2, -0.15) is 9.82 Å². The van der Waals surface area contributed by atoms with Gasteiger partial charge in [-0.15, -0.1) is 0 Å². The van der Waals surface area contributed by atoms with Gasteiger partial charge in [-0.1, -0.05) is 6.07 Å². The summed E-state index contributed by atoms with van der Waals surface area (Å²) in [6, 6.07) is 3.39. The van der Waals surface area contributed by atoms with Crippen LogP contribution in [0.25, 0.3) is 0 Å². The predicted octanol–water partition coefficient (Wildman–Crippen LogP) is 1.21. The third kappa shape index (κ3) is 2.64. The van der Waals surface area contributed by atoms with Gasteiger partial charge in [-0.05, 0) is 19.1 Å². The topological polar surface area (TPSA) is 73.2 Å². The second kappa shape index (κ2) is 5.36. The minimum Gasteiger partial charge on any atom is -0.377 e. The van der Waals surface area contributed by atoms with Gasteiger partial charge in [0.25, 0.3) is 0 Å². The molecule has 0 atom stereocenters. The molecule has 1 saturated heterocycles. The maximum atomic E-state index is 14.1. The molecular weight excluding hydrogens is 328 g/mol. The lowest BCUT2D eigenvalue weighted by Gasteiger charge is -2.42. The molecule has 2 aromatic rings. The van der Waals surface area contributed by atoms with Gasteiger partial charge in [0.2, 0.25) is 10.0 Å². The number of benzene rings is 1. The highest BCUT2D eigenvalue weighted by molar-refractivity contribution is 7.89. The Kier molecular flexibility index (Phi) is 3.74. The largest absolute Gasteiger partial charge is 0.377 e. The highest BCUT2D eigenvalue weighted by Gasteiger charge is 2.47. The normalized spacial score (nSPS) is 17.0. The molecule has 6 nitrogen and oxygen atoms in total. The van der Waals surface area contributed by atoms with Crippen LogP contribution in [0.2, 0.25) is 0 Å². The van der Waals surface area contributed by atoms with Crippen molar-refractivity contribution >= 4 is 10.0 Å². The van der Waals surface area contributed by atoms with Gasteiger partial charge < -0.3 is 4.74 Å². The molecule has 1 fully saturated rings. The second-order valence-electron chi connectivity index (χ2n) is 5.53. The fourth-order valence-corrected chi connectivity index (χ4v) is 4.23. The van der Waals surface area contributed by atoms with Gasteiger partial charge in [0.05, 0.1) is 18.9 Å². The molecule has 0 bridgehead atoms. The van der Waals surface area contributed by atoms with Crippen LogP contribution >= 0.6 is 0 Å². The van der Waals surface area contributed by atoms with Crippen molar-refractivity contribution in [2.75, 3.05) is 13.2 Å². The first-order chi connectivity index (χ1) is 10.8. The van der Waals surface area contributed by atoms with Gasteiger partial charge in [-0.3, -0.25) is 4.68 Å². The van der Waals surface area contributed by atoms with Crippen LogP contribution in [0.1, 0.15) is 11.3 Å². The smallest absolute Gasteiger partial charge is 0.244 e. The highest BCUT2D eigenvalue weighted by atomic mass is 32.2. The number of rotatable bonds is 4. The molecule has 0 spiro atoms. The minimum absolute atomic E-state index is 0.0389. The average molecular weight is 343 g/mol. The number of ether oxygens (including phenoxy) is 1. The molecule has 2 heterocycles. The van der Waals surface area contributed by atoms with E-state index in [4.69, 9.17) is 4.74 Å². The second-order valence-corrected chi connectivity index (χ2v) is 7.18. The number of nitrogens with one attached hydrogen (secondary N) is 1. The van der Waals surface area contributed by atoms with E-state index in [1.54, 1.807) is 14.0 Å². The predicted molar refractivity (Wildman–Crippen MR) is 77.1 cm³/mol. The summed E-state index contributed by atoms with van der Waals surface area (Å²) in [5.74, 6) is -1.64. The van der Waals surface area contributed by atoms with Crippen molar-refractivity contribution < 1.29 is 21.9 Å². The van der Waals surface area contributed by atoms with Gasteiger partial charge in [0, 0.05) is 18.8 Å². The van der Waals surface area contributed by atoms with Crippen molar-refractivity contribution in [1.82, 2.24) is 14.5 Å². The van der Waals surface area contributed by atoms with E-state index < -0.39 is 27.2 Å². The quantitative estimate of drug-likeness (QED) is 0.906. The van der Waals surface area contributed by atoms with E-state index in [0.717, 1.165) is 12.1 Å². The fourth-order valence-electron chi connectivity index (χ4n) is 2.67. The molecule has 0 radical (unpaired) electrons. The van der Waals surface area contributed by atoms with Crippen LogP contribution in [0.15, 0.2) is 29.3 Å². The molecule has 1 N–H and O–H groups in total. The first-order valence-electron chi connectivity index (χ1n) is 6.82. The lowest BCUT2D eigenvalue weighted by Crippen LogP contribution is -2.60. The fraction of sp³-hybridized carbons (Fsp3) is 0.357. The molecule has 1 aliphatic heterocycles. The molecule has 9 heteroatoms. The zero-order valence-electron chi connectivity index (χ0n) is 12.5. The SMILES string of the molecule is Cc1nn(C)cc1S(=O)(=O)NC1(c2c(F)cccc2F)COC1. The number of aromatic nitrogens is 2. The minimum atomic E-state index is -4.02. The van der Waals surface area contributed by atoms with E-state index >= 15 is 0 Å². The summed E-state index contributed by atoms with van der Waals surface area (Å²) < 4.78 is 62.2. The number of hydrogen-bond acceptors (Lipinski definition) is 4. The standard InChI is InChI=1S/C14H15F2N3O3S/c1-9-12(6-19(2)17-9)23(20,21)18-14(7-22-8-14)13-10(15)4-3-5-11(13)16/h3-6,18H,7-8H2,1-2H3. The molecule has 0 unspecified atom stereocenters. The van der Waals surface area contributed by atoms with Crippen LogP contribution in [0.3, 0.4) is 0 Å². The van der Waals surface area contributed by atoms with Gasteiger partial charge in [0.1, 0.15) is 22.1 Å². The van der Waals surface area contributed by atoms with Crippen LogP contribution < -0.4 is 4.72 Å². The van der Waals surface area contributed by atoms with Crippen molar-refractivity contribution in [3.8, 4) is 0 Å². The van der Waals surface area contributed by atoms with Gasteiger partial charge in [-0.25, -0.2) is 17.2 Å². The van der Waals surface area contributed by atoms with E-state index in [1.165, 1.54) is 16.9 Å². The van der Waals surface area contributed by atoms with E-state index in [0.29, 0.717) is 5.69 Å². The summed E-state index contributed by atoms with van der Waals surface area (Å²) in [7, 11) is -2.43. The van der Waals surface area contributed by atoms with Crippen molar-refractivity contribution in [3.63, 3.8) is 0 Å². The summed E-state index contributed by atoms with van der Waals surface area (Å²) in [6.07, 6.45) is 1.34. The maximum Gasteiger partial charge on any atom is 0.244 e. The van der Waals surface area contributed by atoms with E-state index in [-0.39, 0.29) is 23.7 Å². The van der Waals surface area contributed by atoms with Crippen LogP contribution in [-0.4, -0.2) is 31.4 Å². The zero-order valence-corrected chi connectivity index (χ0v) is 13.3. The van der Waals surface area contributed by atoms with Crippen molar-refractivity contribution in [1.29, 1.82) is 0 Å². The molecule has 23 heavy (non-hydrogen) atoms. The van der Waals surface area contributed by atoms with Crippen molar-refractivity contribution in [2.24, 2.45) is 7.05 Å². The molecule has 0 saturated carbocycles. The Morgan fingerprint density at radius 1 is 1.30 bits per heavy atom. The number of nitrogens with zero attached hydrogens (tertiary/aromatic N) is 2. The molecule has 0 aliphatic carbocycles. The first kappa shape index (κ1) is 16.0. The van der Waals surface area contributed by atoms with E-state index in [9.17, 15) is 17.2 Å². The monoisotopic (exact) mass is 343 g/mol. The number of hydrogen-bond donors (Lipinski definition) is 1.